The number of esters is 1. The van der Waals surface area contributed by atoms with Crippen molar-refractivity contribution in [1.82, 2.24) is 0 Å². The van der Waals surface area contributed by atoms with Gasteiger partial charge in [-0.15, -0.1) is 11.3 Å². The molecule has 0 aliphatic rings. The molecule has 0 fully saturated rings. The molecule has 100 valence electrons. The number of nitrogens with one attached hydrogen (secondary N) is 1. The van der Waals surface area contributed by atoms with Crippen LogP contribution in [0.2, 0.25) is 0 Å². The number of amides is 1. The van der Waals surface area contributed by atoms with Crippen molar-refractivity contribution >= 4 is 38.3 Å². The maximum atomic E-state index is 12.0. The van der Waals surface area contributed by atoms with Gasteiger partial charge in [0.15, 0.2) is 0 Å². The van der Waals surface area contributed by atoms with Crippen LogP contribution in [0.5, 0.6) is 5.75 Å². The molecule has 6 heteroatoms. The molecule has 1 aromatic heterocycles. The van der Waals surface area contributed by atoms with Gasteiger partial charge in [0.2, 0.25) is 5.91 Å². The monoisotopic (exact) mass is 279 g/mol. The van der Waals surface area contributed by atoms with Crippen molar-refractivity contribution in [3.8, 4) is 5.75 Å². The van der Waals surface area contributed by atoms with Gasteiger partial charge in [-0.2, -0.15) is 0 Å². The SMILES string of the molecule is CCOC(=O)c1c(NC(C)=O)sc2cc(O)ccc12. The van der Waals surface area contributed by atoms with E-state index in [0.717, 1.165) is 0 Å². The number of aromatic hydroxyl groups is 1. The van der Waals surface area contributed by atoms with Crippen LogP contribution in [0, 0.1) is 0 Å². The fourth-order valence-corrected chi connectivity index (χ4v) is 2.91. The molecule has 5 nitrogen and oxygen atoms in total. The zero-order chi connectivity index (χ0) is 14.0. The number of anilines is 1. The van der Waals surface area contributed by atoms with E-state index in [4.69, 9.17) is 4.74 Å². The van der Waals surface area contributed by atoms with Crippen molar-refractivity contribution in [2.45, 2.75) is 13.8 Å². The maximum absolute atomic E-state index is 12.0. The lowest BCUT2D eigenvalue weighted by Crippen LogP contribution is -2.10. The summed E-state index contributed by atoms with van der Waals surface area (Å²) in [4.78, 5) is 23.2. The van der Waals surface area contributed by atoms with E-state index in [1.807, 2.05) is 0 Å². The smallest absolute Gasteiger partial charge is 0.341 e. The van der Waals surface area contributed by atoms with E-state index < -0.39 is 5.97 Å². The molecule has 0 atom stereocenters. The molecule has 0 aliphatic heterocycles. The lowest BCUT2D eigenvalue weighted by molar-refractivity contribution is -0.114. The molecule has 2 aromatic rings. The third kappa shape index (κ3) is 2.68. The summed E-state index contributed by atoms with van der Waals surface area (Å²) in [7, 11) is 0. The highest BCUT2D eigenvalue weighted by Gasteiger charge is 2.21. The van der Waals surface area contributed by atoms with Crippen molar-refractivity contribution in [3.05, 3.63) is 23.8 Å². The second-order valence-corrected chi connectivity index (χ2v) is 4.94. The fraction of sp³-hybridized carbons (Fsp3) is 0.231. The summed E-state index contributed by atoms with van der Waals surface area (Å²) in [5, 5.41) is 13.2. The number of carbonyl (C=O) groups excluding carboxylic acids is 2. The van der Waals surface area contributed by atoms with Gasteiger partial charge in [-0.25, -0.2) is 4.79 Å². The zero-order valence-corrected chi connectivity index (χ0v) is 11.3. The first-order valence-corrected chi connectivity index (χ1v) is 6.54. The summed E-state index contributed by atoms with van der Waals surface area (Å²) in [5.41, 5.74) is 0.331. The van der Waals surface area contributed by atoms with Gasteiger partial charge in [-0.05, 0) is 25.1 Å². The summed E-state index contributed by atoms with van der Waals surface area (Å²) in [6, 6.07) is 4.68. The molecule has 2 rings (SSSR count). The summed E-state index contributed by atoms with van der Waals surface area (Å²) in [5.74, 6) is -0.636. The zero-order valence-electron chi connectivity index (χ0n) is 10.5. The van der Waals surface area contributed by atoms with Gasteiger partial charge in [0.25, 0.3) is 0 Å². The van der Waals surface area contributed by atoms with Crippen LogP contribution in [0.15, 0.2) is 18.2 Å². The molecule has 1 aromatic carbocycles. The third-order valence-corrected chi connectivity index (χ3v) is 3.51. The number of ether oxygens (including phenoxy) is 1. The average Bonchev–Trinajstić information content (AvgIpc) is 2.65. The highest BCUT2D eigenvalue weighted by atomic mass is 32.1. The first-order chi connectivity index (χ1) is 9.02. The topological polar surface area (TPSA) is 75.6 Å². The van der Waals surface area contributed by atoms with Crippen molar-refractivity contribution in [2.24, 2.45) is 0 Å². The first kappa shape index (κ1) is 13.4. The normalized spacial score (nSPS) is 10.4. The Labute approximate surface area is 113 Å². The van der Waals surface area contributed by atoms with Crippen molar-refractivity contribution < 1.29 is 19.4 Å². The van der Waals surface area contributed by atoms with Crippen LogP contribution in [0.3, 0.4) is 0 Å². The average molecular weight is 279 g/mol. The molecule has 0 bridgehead atoms. The number of benzene rings is 1. The van der Waals surface area contributed by atoms with Gasteiger partial charge < -0.3 is 15.2 Å². The number of hydrogen-bond acceptors (Lipinski definition) is 5. The highest BCUT2D eigenvalue weighted by molar-refractivity contribution is 7.23. The largest absolute Gasteiger partial charge is 0.508 e. The standard InChI is InChI=1S/C13H13NO4S/c1-3-18-13(17)11-9-5-4-8(16)6-10(9)19-12(11)14-7(2)15/h4-6,16H,3H2,1-2H3,(H,14,15). The summed E-state index contributed by atoms with van der Waals surface area (Å²) in [6.45, 7) is 3.35. The summed E-state index contributed by atoms with van der Waals surface area (Å²) >= 11 is 1.23. The Morgan fingerprint density at radius 3 is 2.79 bits per heavy atom. The Hall–Kier alpha value is -2.08. The number of thiophene rings is 1. The number of rotatable bonds is 3. The molecule has 19 heavy (non-hydrogen) atoms. The molecule has 1 heterocycles. The number of fused-ring (bicyclic) bond motifs is 1. The highest BCUT2D eigenvalue weighted by Crippen LogP contribution is 2.37. The molecule has 0 saturated carbocycles. The van der Waals surface area contributed by atoms with E-state index in [0.29, 0.717) is 20.7 Å². The first-order valence-electron chi connectivity index (χ1n) is 5.73. The molecule has 0 spiro atoms. The lowest BCUT2D eigenvalue weighted by atomic mass is 10.1. The van der Waals surface area contributed by atoms with Crippen molar-refractivity contribution in [2.75, 3.05) is 11.9 Å². The molecular formula is C13H13NO4S. The Bertz CT molecular complexity index is 647. The van der Waals surface area contributed by atoms with E-state index >= 15 is 0 Å². The molecule has 0 unspecified atom stereocenters. The van der Waals surface area contributed by atoms with Gasteiger partial charge in [-0.3, -0.25) is 4.79 Å². The van der Waals surface area contributed by atoms with E-state index in [1.165, 1.54) is 24.3 Å². The van der Waals surface area contributed by atoms with E-state index in [2.05, 4.69) is 5.32 Å². The molecule has 0 aliphatic carbocycles. The van der Waals surface area contributed by atoms with Crippen LogP contribution in [-0.2, 0) is 9.53 Å². The van der Waals surface area contributed by atoms with Gasteiger partial charge >= 0.3 is 5.97 Å². The minimum Gasteiger partial charge on any atom is -0.508 e. The van der Waals surface area contributed by atoms with Crippen LogP contribution in [0.25, 0.3) is 10.1 Å². The Morgan fingerprint density at radius 2 is 2.16 bits per heavy atom. The number of hydrogen-bond donors (Lipinski definition) is 2. The van der Waals surface area contributed by atoms with Crippen LogP contribution in [0.1, 0.15) is 24.2 Å². The van der Waals surface area contributed by atoms with Gasteiger partial charge in [-0.1, -0.05) is 0 Å². The Morgan fingerprint density at radius 1 is 1.42 bits per heavy atom. The van der Waals surface area contributed by atoms with Gasteiger partial charge in [0.1, 0.15) is 16.3 Å². The fourth-order valence-electron chi connectivity index (χ4n) is 1.74. The Kier molecular flexibility index (Phi) is 3.71. The quantitative estimate of drug-likeness (QED) is 0.847. The summed E-state index contributed by atoms with van der Waals surface area (Å²) < 4.78 is 5.72. The minimum atomic E-state index is -0.483. The molecule has 0 radical (unpaired) electrons. The second kappa shape index (κ2) is 5.27. The molecular weight excluding hydrogens is 266 g/mol. The predicted octanol–water partition coefficient (Wildman–Crippen LogP) is 2.74. The molecule has 0 saturated heterocycles. The second-order valence-electron chi connectivity index (χ2n) is 3.89. The van der Waals surface area contributed by atoms with Crippen LogP contribution < -0.4 is 5.32 Å². The third-order valence-electron chi connectivity index (χ3n) is 2.44. The Balaban J connectivity index is 2.61. The number of phenols is 1. The predicted molar refractivity (Wildman–Crippen MR) is 73.8 cm³/mol. The van der Waals surface area contributed by atoms with E-state index in [-0.39, 0.29) is 18.3 Å². The van der Waals surface area contributed by atoms with Crippen LogP contribution >= 0.6 is 11.3 Å². The van der Waals surface area contributed by atoms with Crippen molar-refractivity contribution in [3.63, 3.8) is 0 Å². The summed E-state index contributed by atoms with van der Waals surface area (Å²) in [6.07, 6.45) is 0. The maximum Gasteiger partial charge on any atom is 0.341 e. The van der Waals surface area contributed by atoms with Gasteiger partial charge in [0, 0.05) is 17.0 Å². The van der Waals surface area contributed by atoms with E-state index in [1.54, 1.807) is 19.1 Å². The van der Waals surface area contributed by atoms with Crippen LogP contribution in [0.4, 0.5) is 5.00 Å². The number of carbonyl (C=O) groups is 2. The minimum absolute atomic E-state index is 0.110. The van der Waals surface area contributed by atoms with Gasteiger partial charge in [0.05, 0.1) is 6.61 Å². The van der Waals surface area contributed by atoms with Crippen LogP contribution in [-0.4, -0.2) is 23.6 Å². The molecule has 1 amide bonds. The number of phenolic OH excluding ortho intramolecular Hbond substituents is 1. The lowest BCUT2D eigenvalue weighted by Gasteiger charge is -2.04. The van der Waals surface area contributed by atoms with Crippen molar-refractivity contribution in [1.29, 1.82) is 0 Å². The molecule has 2 N–H and O–H groups in total. The van der Waals surface area contributed by atoms with E-state index in [9.17, 15) is 14.7 Å².